The van der Waals surface area contributed by atoms with E-state index in [1.54, 1.807) is 0 Å². The van der Waals surface area contributed by atoms with Crippen molar-refractivity contribution in [3.8, 4) is 0 Å². The zero-order valence-corrected chi connectivity index (χ0v) is 13.1. The van der Waals surface area contributed by atoms with Gasteiger partial charge in [-0.2, -0.15) is 0 Å². The molecule has 2 rings (SSSR count). The lowest BCUT2D eigenvalue weighted by Crippen LogP contribution is -2.47. The Labute approximate surface area is 121 Å². The molecule has 0 saturated carbocycles. The minimum Gasteiger partial charge on any atom is -0.373 e. The molecule has 100 valence electrons. The predicted octanol–water partition coefficient (Wildman–Crippen LogP) is 1.89. The van der Waals surface area contributed by atoms with Crippen molar-refractivity contribution in [1.82, 2.24) is 10.6 Å². The minimum atomic E-state index is 0. The van der Waals surface area contributed by atoms with Crippen LogP contribution in [0.5, 0.6) is 0 Å². The van der Waals surface area contributed by atoms with Crippen LogP contribution in [0.3, 0.4) is 0 Å². The molecule has 2 aliphatic rings. The van der Waals surface area contributed by atoms with Crippen LogP contribution in [0.1, 0.15) is 39.0 Å². The third-order valence-corrected chi connectivity index (χ3v) is 3.47. The molecular formula is C12H24IN3O. The lowest BCUT2D eigenvalue weighted by molar-refractivity contribution is 0.0992. The minimum absolute atomic E-state index is 0. The normalized spacial score (nSPS) is 31.2. The fraction of sp³-hybridized carbons (Fsp3) is 0.917. The van der Waals surface area contributed by atoms with Crippen molar-refractivity contribution < 1.29 is 4.74 Å². The van der Waals surface area contributed by atoms with E-state index in [0.29, 0.717) is 18.2 Å². The van der Waals surface area contributed by atoms with Crippen molar-refractivity contribution >= 4 is 29.9 Å². The number of fused-ring (bicyclic) bond motifs is 2. The van der Waals surface area contributed by atoms with Gasteiger partial charge in [0.05, 0.1) is 18.2 Å². The summed E-state index contributed by atoms with van der Waals surface area (Å²) in [6.07, 6.45) is 6.89. The van der Waals surface area contributed by atoms with Gasteiger partial charge in [0.1, 0.15) is 0 Å². The van der Waals surface area contributed by atoms with E-state index in [9.17, 15) is 0 Å². The number of hydrogen-bond donors (Lipinski definition) is 2. The van der Waals surface area contributed by atoms with E-state index in [1.807, 2.05) is 7.05 Å². The molecular weight excluding hydrogens is 329 g/mol. The van der Waals surface area contributed by atoms with Gasteiger partial charge in [-0.15, -0.1) is 24.0 Å². The van der Waals surface area contributed by atoms with Gasteiger partial charge >= 0.3 is 0 Å². The van der Waals surface area contributed by atoms with E-state index in [1.165, 1.54) is 25.7 Å². The Kier molecular flexibility index (Phi) is 6.54. The lowest BCUT2D eigenvalue weighted by atomic mass is 9.96. The number of nitrogens with one attached hydrogen (secondary N) is 2. The van der Waals surface area contributed by atoms with E-state index >= 15 is 0 Å². The Balaban J connectivity index is 0.00000144. The zero-order chi connectivity index (χ0) is 11.4. The van der Waals surface area contributed by atoms with Gasteiger partial charge in [0.25, 0.3) is 0 Å². The topological polar surface area (TPSA) is 45.7 Å². The van der Waals surface area contributed by atoms with Crippen LogP contribution < -0.4 is 10.6 Å². The first-order valence-corrected chi connectivity index (χ1v) is 6.46. The van der Waals surface area contributed by atoms with Crippen molar-refractivity contribution in [1.29, 1.82) is 0 Å². The highest BCUT2D eigenvalue weighted by atomic mass is 127. The smallest absolute Gasteiger partial charge is 0.191 e. The zero-order valence-electron chi connectivity index (χ0n) is 10.7. The first kappa shape index (κ1) is 15.0. The summed E-state index contributed by atoms with van der Waals surface area (Å²) in [5.41, 5.74) is 0. The molecule has 2 aliphatic heterocycles. The van der Waals surface area contributed by atoms with Gasteiger partial charge in [0.2, 0.25) is 0 Å². The summed E-state index contributed by atoms with van der Waals surface area (Å²) in [6.45, 7) is 3.19. The Morgan fingerprint density at radius 3 is 2.76 bits per heavy atom. The second-order valence-electron chi connectivity index (χ2n) is 4.71. The molecule has 0 aromatic carbocycles. The molecule has 2 bridgehead atoms. The molecule has 2 heterocycles. The maximum atomic E-state index is 5.81. The van der Waals surface area contributed by atoms with Gasteiger partial charge in [0, 0.05) is 13.6 Å². The molecule has 0 aromatic rings. The predicted molar refractivity (Wildman–Crippen MR) is 81.1 cm³/mol. The summed E-state index contributed by atoms with van der Waals surface area (Å²) in [7, 11) is 1.83. The SMILES string of the molecule is CCCCNC(=NC)NC1CC2CCC1O2.I. The third kappa shape index (κ3) is 3.98. The average molecular weight is 353 g/mol. The van der Waals surface area contributed by atoms with Gasteiger partial charge in [0.15, 0.2) is 5.96 Å². The third-order valence-electron chi connectivity index (χ3n) is 3.47. The quantitative estimate of drug-likeness (QED) is 0.351. The number of rotatable bonds is 4. The van der Waals surface area contributed by atoms with Crippen LogP contribution in [0.15, 0.2) is 4.99 Å². The Morgan fingerprint density at radius 1 is 1.41 bits per heavy atom. The molecule has 0 aliphatic carbocycles. The number of hydrogen-bond acceptors (Lipinski definition) is 2. The van der Waals surface area contributed by atoms with Crippen LogP contribution in [-0.4, -0.2) is 37.8 Å². The number of aliphatic imine (C=N–C) groups is 1. The largest absolute Gasteiger partial charge is 0.373 e. The molecule has 2 fully saturated rings. The molecule has 3 atom stereocenters. The second-order valence-corrected chi connectivity index (χ2v) is 4.71. The number of nitrogens with zero attached hydrogens (tertiary/aromatic N) is 1. The Hall–Kier alpha value is -0.0400. The highest BCUT2D eigenvalue weighted by Gasteiger charge is 2.40. The number of unbranched alkanes of at least 4 members (excludes halogenated alkanes) is 1. The standard InChI is InChI=1S/C12H23N3O.HI/c1-3-4-7-14-12(13-2)15-10-8-9-5-6-11(10)16-9;/h9-11H,3-8H2,1-2H3,(H2,13,14,15);1H. The second kappa shape index (κ2) is 7.41. The maximum Gasteiger partial charge on any atom is 0.191 e. The van der Waals surface area contributed by atoms with Crippen LogP contribution in [0, 0.1) is 0 Å². The van der Waals surface area contributed by atoms with E-state index in [4.69, 9.17) is 4.74 Å². The molecule has 5 heteroatoms. The summed E-state index contributed by atoms with van der Waals surface area (Å²) < 4.78 is 5.81. The van der Waals surface area contributed by atoms with E-state index in [2.05, 4.69) is 22.5 Å². The summed E-state index contributed by atoms with van der Waals surface area (Å²) in [5, 5.41) is 6.81. The van der Waals surface area contributed by atoms with Crippen LogP contribution in [0.2, 0.25) is 0 Å². The summed E-state index contributed by atoms with van der Waals surface area (Å²) >= 11 is 0. The van der Waals surface area contributed by atoms with Crippen molar-refractivity contribution in [3.05, 3.63) is 0 Å². The molecule has 0 spiro atoms. The Morgan fingerprint density at radius 2 is 2.24 bits per heavy atom. The van der Waals surface area contributed by atoms with Gasteiger partial charge in [-0.3, -0.25) is 4.99 Å². The maximum absolute atomic E-state index is 5.81. The number of halogens is 1. The average Bonchev–Trinajstić information content (AvgIpc) is 2.89. The van der Waals surface area contributed by atoms with E-state index in [0.717, 1.165) is 18.9 Å². The molecule has 0 aromatic heterocycles. The molecule has 3 unspecified atom stereocenters. The van der Waals surface area contributed by atoms with Gasteiger partial charge < -0.3 is 15.4 Å². The molecule has 0 radical (unpaired) electrons. The Bertz CT molecular complexity index is 260. The van der Waals surface area contributed by atoms with Crippen LogP contribution >= 0.6 is 24.0 Å². The van der Waals surface area contributed by atoms with Crippen LogP contribution in [0.4, 0.5) is 0 Å². The lowest BCUT2D eigenvalue weighted by Gasteiger charge is -2.22. The van der Waals surface area contributed by atoms with Gasteiger partial charge in [-0.05, 0) is 25.7 Å². The van der Waals surface area contributed by atoms with Crippen molar-refractivity contribution in [2.24, 2.45) is 4.99 Å². The van der Waals surface area contributed by atoms with Gasteiger partial charge in [-0.1, -0.05) is 13.3 Å². The van der Waals surface area contributed by atoms with Gasteiger partial charge in [-0.25, -0.2) is 0 Å². The van der Waals surface area contributed by atoms with E-state index < -0.39 is 0 Å². The molecule has 2 N–H and O–H groups in total. The molecule has 0 amide bonds. The number of guanidine groups is 1. The monoisotopic (exact) mass is 353 g/mol. The highest BCUT2D eigenvalue weighted by Crippen LogP contribution is 2.34. The first-order valence-electron chi connectivity index (χ1n) is 6.46. The van der Waals surface area contributed by atoms with Crippen molar-refractivity contribution in [2.75, 3.05) is 13.6 Å². The first-order chi connectivity index (χ1) is 7.83. The van der Waals surface area contributed by atoms with Crippen LogP contribution in [-0.2, 0) is 4.74 Å². The highest BCUT2D eigenvalue weighted by molar-refractivity contribution is 14.0. The summed E-state index contributed by atoms with van der Waals surface area (Å²) in [4.78, 5) is 4.25. The molecule has 2 saturated heterocycles. The van der Waals surface area contributed by atoms with E-state index in [-0.39, 0.29) is 24.0 Å². The van der Waals surface area contributed by atoms with Crippen LogP contribution in [0.25, 0.3) is 0 Å². The van der Waals surface area contributed by atoms with Crippen molar-refractivity contribution in [2.45, 2.75) is 57.3 Å². The molecule has 17 heavy (non-hydrogen) atoms. The molecule has 4 nitrogen and oxygen atoms in total. The fourth-order valence-electron chi connectivity index (χ4n) is 2.54. The summed E-state index contributed by atoms with van der Waals surface area (Å²) in [6, 6.07) is 0.464. The van der Waals surface area contributed by atoms with Crippen molar-refractivity contribution in [3.63, 3.8) is 0 Å². The summed E-state index contributed by atoms with van der Waals surface area (Å²) in [5.74, 6) is 0.926. The number of ether oxygens (including phenoxy) is 1. The fourth-order valence-corrected chi connectivity index (χ4v) is 2.54.